The number of aromatic nitrogens is 2. The summed E-state index contributed by atoms with van der Waals surface area (Å²) in [6.07, 6.45) is 0.353. The van der Waals surface area contributed by atoms with Gasteiger partial charge in [-0.05, 0) is 25.1 Å². The van der Waals surface area contributed by atoms with Crippen LogP contribution in [-0.4, -0.2) is 9.78 Å². The van der Waals surface area contributed by atoms with E-state index in [0.717, 1.165) is 11.4 Å². The van der Waals surface area contributed by atoms with E-state index in [1.165, 1.54) is 18.2 Å². The molecule has 0 aliphatic carbocycles. The van der Waals surface area contributed by atoms with Crippen LogP contribution in [0.25, 0.3) is 0 Å². The molecule has 1 aromatic heterocycles. The second kappa shape index (κ2) is 5.46. The van der Waals surface area contributed by atoms with Gasteiger partial charge < -0.3 is 0 Å². The van der Waals surface area contributed by atoms with Crippen molar-refractivity contribution in [3.63, 3.8) is 0 Å². The zero-order valence-corrected chi connectivity index (χ0v) is 10.8. The van der Waals surface area contributed by atoms with Crippen LogP contribution in [0.2, 0.25) is 0 Å². The Morgan fingerprint density at radius 2 is 2.00 bits per heavy atom. The van der Waals surface area contributed by atoms with Crippen molar-refractivity contribution in [1.29, 1.82) is 0 Å². The number of hydrogen-bond donors (Lipinski definition) is 2. The first-order chi connectivity index (χ1) is 9.02. The number of nitrogens with one attached hydrogen (secondary N) is 1. The fourth-order valence-electron chi connectivity index (χ4n) is 2.15. The molecule has 1 atom stereocenters. The number of nitrogens with zero attached hydrogens (tertiary/aromatic N) is 2. The highest BCUT2D eigenvalue weighted by Gasteiger charge is 2.20. The Kier molecular flexibility index (Phi) is 3.92. The SMILES string of the molecule is Cc1cc(CC(NN)c2c(F)cccc2F)n(C)n1. The van der Waals surface area contributed by atoms with E-state index in [4.69, 9.17) is 5.84 Å². The third-order valence-electron chi connectivity index (χ3n) is 3.06. The number of hydrogen-bond acceptors (Lipinski definition) is 3. The summed E-state index contributed by atoms with van der Waals surface area (Å²) in [4.78, 5) is 0. The topological polar surface area (TPSA) is 55.9 Å². The largest absolute Gasteiger partial charge is 0.272 e. The van der Waals surface area contributed by atoms with E-state index in [1.807, 2.05) is 13.0 Å². The smallest absolute Gasteiger partial charge is 0.130 e. The minimum Gasteiger partial charge on any atom is -0.272 e. The molecule has 1 heterocycles. The Balaban J connectivity index is 2.33. The molecule has 0 bridgehead atoms. The van der Waals surface area contributed by atoms with Crippen molar-refractivity contribution in [2.24, 2.45) is 12.9 Å². The van der Waals surface area contributed by atoms with E-state index in [0.29, 0.717) is 6.42 Å². The van der Waals surface area contributed by atoms with Crippen LogP contribution >= 0.6 is 0 Å². The number of aryl methyl sites for hydroxylation is 2. The molecule has 0 aliphatic rings. The van der Waals surface area contributed by atoms with Gasteiger partial charge in [0.1, 0.15) is 11.6 Å². The highest BCUT2D eigenvalue weighted by atomic mass is 19.1. The van der Waals surface area contributed by atoms with E-state index >= 15 is 0 Å². The van der Waals surface area contributed by atoms with Gasteiger partial charge >= 0.3 is 0 Å². The molecule has 0 spiro atoms. The molecule has 2 aromatic rings. The fraction of sp³-hybridized carbons (Fsp3) is 0.308. The van der Waals surface area contributed by atoms with Gasteiger partial charge in [0.25, 0.3) is 0 Å². The number of halogens is 2. The van der Waals surface area contributed by atoms with Crippen LogP contribution in [0.15, 0.2) is 24.3 Å². The molecule has 6 heteroatoms. The first-order valence-corrected chi connectivity index (χ1v) is 5.92. The molecule has 19 heavy (non-hydrogen) atoms. The predicted molar refractivity (Wildman–Crippen MR) is 68.1 cm³/mol. The number of benzene rings is 1. The van der Waals surface area contributed by atoms with Crippen LogP contribution in [0, 0.1) is 18.6 Å². The molecule has 102 valence electrons. The van der Waals surface area contributed by atoms with Crippen molar-refractivity contribution in [2.75, 3.05) is 0 Å². The molecule has 0 radical (unpaired) electrons. The highest BCUT2D eigenvalue weighted by Crippen LogP contribution is 2.23. The summed E-state index contributed by atoms with van der Waals surface area (Å²) in [5.41, 5.74) is 4.11. The first-order valence-electron chi connectivity index (χ1n) is 5.92. The van der Waals surface area contributed by atoms with Crippen LogP contribution in [0.3, 0.4) is 0 Å². The summed E-state index contributed by atoms with van der Waals surface area (Å²) in [6.45, 7) is 1.86. The van der Waals surface area contributed by atoms with Gasteiger partial charge in [0.15, 0.2) is 0 Å². The van der Waals surface area contributed by atoms with Gasteiger partial charge in [-0.25, -0.2) is 8.78 Å². The van der Waals surface area contributed by atoms with Crippen molar-refractivity contribution in [2.45, 2.75) is 19.4 Å². The van der Waals surface area contributed by atoms with Crippen LogP contribution in [0.1, 0.15) is 23.0 Å². The molecule has 0 saturated heterocycles. The number of rotatable bonds is 4. The second-order valence-electron chi connectivity index (χ2n) is 4.46. The molecule has 4 nitrogen and oxygen atoms in total. The normalized spacial score (nSPS) is 12.7. The number of hydrazine groups is 1. The third-order valence-corrected chi connectivity index (χ3v) is 3.06. The van der Waals surface area contributed by atoms with Gasteiger partial charge in [-0.1, -0.05) is 6.07 Å². The van der Waals surface area contributed by atoms with Crippen LogP contribution in [0.5, 0.6) is 0 Å². The van der Waals surface area contributed by atoms with Gasteiger partial charge in [-0.15, -0.1) is 0 Å². The van der Waals surface area contributed by atoms with E-state index in [2.05, 4.69) is 10.5 Å². The Morgan fingerprint density at radius 3 is 2.47 bits per heavy atom. The Morgan fingerprint density at radius 1 is 1.37 bits per heavy atom. The Labute approximate surface area is 110 Å². The summed E-state index contributed by atoms with van der Waals surface area (Å²) in [5.74, 6) is 4.22. The van der Waals surface area contributed by atoms with Gasteiger partial charge in [0.2, 0.25) is 0 Å². The van der Waals surface area contributed by atoms with E-state index < -0.39 is 17.7 Å². The fourth-order valence-corrected chi connectivity index (χ4v) is 2.15. The lowest BCUT2D eigenvalue weighted by Gasteiger charge is -2.17. The molecule has 0 amide bonds. The third kappa shape index (κ3) is 2.80. The van der Waals surface area contributed by atoms with Crippen molar-refractivity contribution in [3.8, 4) is 0 Å². The van der Waals surface area contributed by atoms with Crippen molar-refractivity contribution in [1.82, 2.24) is 15.2 Å². The lowest BCUT2D eigenvalue weighted by atomic mass is 10.0. The second-order valence-corrected chi connectivity index (χ2v) is 4.46. The Hall–Kier alpha value is -1.79. The molecular formula is C13H16F2N4. The minimum absolute atomic E-state index is 0.0520. The van der Waals surface area contributed by atoms with Gasteiger partial charge in [-0.3, -0.25) is 16.0 Å². The molecule has 2 rings (SSSR count). The van der Waals surface area contributed by atoms with Crippen LogP contribution < -0.4 is 11.3 Å². The van der Waals surface area contributed by atoms with Crippen molar-refractivity contribution < 1.29 is 8.78 Å². The summed E-state index contributed by atoms with van der Waals surface area (Å²) in [6, 6.07) is 4.99. The molecule has 3 N–H and O–H groups in total. The maximum Gasteiger partial charge on any atom is 0.130 e. The zero-order valence-electron chi connectivity index (χ0n) is 10.8. The lowest BCUT2D eigenvalue weighted by molar-refractivity contribution is 0.464. The standard InChI is InChI=1S/C13H16F2N4/c1-8-6-9(19(2)18-8)7-12(17-16)13-10(14)4-3-5-11(13)15/h3-6,12,17H,7,16H2,1-2H3. The van der Waals surface area contributed by atoms with Gasteiger partial charge in [0.05, 0.1) is 11.7 Å². The van der Waals surface area contributed by atoms with E-state index in [1.54, 1.807) is 11.7 Å². The Bertz CT molecular complexity index is 560. The van der Waals surface area contributed by atoms with E-state index in [9.17, 15) is 8.78 Å². The van der Waals surface area contributed by atoms with Crippen LogP contribution in [-0.2, 0) is 13.5 Å². The predicted octanol–water partition coefficient (Wildman–Crippen LogP) is 1.75. The monoisotopic (exact) mass is 266 g/mol. The van der Waals surface area contributed by atoms with Crippen molar-refractivity contribution in [3.05, 3.63) is 52.9 Å². The summed E-state index contributed by atoms with van der Waals surface area (Å²) in [5, 5.41) is 4.20. The molecular weight excluding hydrogens is 250 g/mol. The van der Waals surface area contributed by atoms with Crippen molar-refractivity contribution >= 4 is 0 Å². The first kappa shape index (κ1) is 13.6. The molecule has 1 aromatic carbocycles. The summed E-state index contributed by atoms with van der Waals surface area (Å²) >= 11 is 0. The average molecular weight is 266 g/mol. The maximum atomic E-state index is 13.7. The average Bonchev–Trinajstić information content (AvgIpc) is 2.66. The maximum absolute atomic E-state index is 13.7. The highest BCUT2D eigenvalue weighted by molar-refractivity contribution is 5.25. The van der Waals surface area contributed by atoms with Gasteiger partial charge in [0, 0.05) is 24.7 Å². The molecule has 1 unspecified atom stereocenters. The van der Waals surface area contributed by atoms with Gasteiger partial charge in [-0.2, -0.15) is 5.10 Å². The zero-order chi connectivity index (χ0) is 14.0. The lowest BCUT2D eigenvalue weighted by Crippen LogP contribution is -2.31. The summed E-state index contributed by atoms with van der Waals surface area (Å²) < 4.78 is 29.2. The summed E-state index contributed by atoms with van der Waals surface area (Å²) in [7, 11) is 1.79. The minimum atomic E-state index is -0.643. The molecule has 0 fully saturated rings. The van der Waals surface area contributed by atoms with Crippen LogP contribution in [0.4, 0.5) is 8.78 Å². The van der Waals surface area contributed by atoms with E-state index in [-0.39, 0.29) is 5.56 Å². The number of nitrogens with two attached hydrogens (primary N) is 1. The molecule has 0 aliphatic heterocycles. The quantitative estimate of drug-likeness (QED) is 0.655. The molecule has 0 saturated carbocycles.